The first-order valence-corrected chi connectivity index (χ1v) is 7.63. The van der Waals surface area contributed by atoms with Gasteiger partial charge in [0.25, 0.3) is 0 Å². The number of benzene rings is 1. The molecule has 4 heteroatoms. The number of rotatable bonds is 3. The van der Waals surface area contributed by atoms with Crippen molar-refractivity contribution in [2.45, 2.75) is 12.6 Å². The van der Waals surface area contributed by atoms with Crippen molar-refractivity contribution in [1.82, 2.24) is 9.80 Å². The molecule has 0 aromatic heterocycles. The van der Waals surface area contributed by atoms with E-state index in [2.05, 4.69) is 36.0 Å². The normalized spacial score (nSPS) is 29.3. The van der Waals surface area contributed by atoms with Gasteiger partial charge in [-0.1, -0.05) is 12.1 Å². The van der Waals surface area contributed by atoms with Crippen LogP contribution in [0.15, 0.2) is 24.3 Å². The second-order valence-electron chi connectivity index (χ2n) is 6.50. The van der Waals surface area contributed by atoms with Crippen LogP contribution in [0.3, 0.4) is 0 Å². The van der Waals surface area contributed by atoms with Crippen LogP contribution >= 0.6 is 0 Å². The van der Waals surface area contributed by atoms with E-state index in [1.54, 1.807) is 0 Å². The molecule has 2 aliphatic heterocycles. The molecule has 0 bridgehead atoms. The highest BCUT2D eigenvalue weighted by Crippen LogP contribution is 2.32. The average Bonchev–Trinajstić information content (AvgIpc) is 2.89. The van der Waals surface area contributed by atoms with Gasteiger partial charge in [0.15, 0.2) is 0 Å². The number of hydrogen-bond acceptors (Lipinski definition) is 4. The van der Waals surface area contributed by atoms with Crippen molar-refractivity contribution < 1.29 is 4.74 Å². The zero-order valence-electron chi connectivity index (χ0n) is 12.8. The van der Waals surface area contributed by atoms with Crippen LogP contribution in [0.5, 0.6) is 0 Å². The van der Waals surface area contributed by atoms with Gasteiger partial charge in [-0.05, 0) is 37.7 Å². The zero-order valence-corrected chi connectivity index (χ0v) is 12.8. The Morgan fingerprint density at radius 2 is 2.19 bits per heavy atom. The van der Waals surface area contributed by atoms with Gasteiger partial charge in [0.2, 0.25) is 0 Å². The molecule has 0 aliphatic carbocycles. The summed E-state index contributed by atoms with van der Waals surface area (Å²) in [4.78, 5) is 4.81. The Hall–Kier alpha value is -1.41. The summed E-state index contributed by atoms with van der Waals surface area (Å²) in [5.74, 6) is 1.35. The molecule has 2 saturated heterocycles. The Kier molecular flexibility index (Phi) is 4.25. The lowest BCUT2D eigenvalue weighted by atomic mass is 9.87. The van der Waals surface area contributed by atoms with Gasteiger partial charge in [-0.25, -0.2) is 0 Å². The van der Waals surface area contributed by atoms with Crippen molar-refractivity contribution in [3.8, 4) is 6.07 Å². The highest BCUT2D eigenvalue weighted by Gasteiger charge is 2.41. The van der Waals surface area contributed by atoms with Gasteiger partial charge in [0.05, 0.1) is 24.8 Å². The van der Waals surface area contributed by atoms with E-state index in [0.29, 0.717) is 17.9 Å². The molecule has 0 unspecified atom stereocenters. The first-order valence-electron chi connectivity index (χ1n) is 7.63. The summed E-state index contributed by atoms with van der Waals surface area (Å²) in [6, 6.07) is 10.7. The minimum Gasteiger partial charge on any atom is -0.379 e. The smallest absolute Gasteiger partial charge is 0.0991 e. The van der Waals surface area contributed by atoms with E-state index in [1.807, 2.05) is 18.2 Å². The predicted octanol–water partition coefficient (Wildman–Crippen LogP) is 1.57. The summed E-state index contributed by atoms with van der Waals surface area (Å²) in [6.07, 6.45) is 0. The maximum Gasteiger partial charge on any atom is 0.0991 e. The fourth-order valence-corrected chi connectivity index (χ4v) is 3.72. The fraction of sp³-hybridized carbons (Fsp3) is 0.588. The van der Waals surface area contributed by atoms with Gasteiger partial charge < -0.3 is 9.64 Å². The molecule has 0 radical (unpaired) electrons. The number of nitriles is 1. The Balaban J connectivity index is 1.67. The third-order valence-corrected chi connectivity index (χ3v) is 4.81. The van der Waals surface area contributed by atoms with Gasteiger partial charge >= 0.3 is 0 Å². The second kappa shape index (κ2) is 6.15. The molecule has 1 aromatic carbocycles. The zero-order chi connectivity index (χ0) is 14.8. The molecule has 1 aromatic rings. The van der Waals surface area contributed by atoms with Crippen LogP contribution in [-0.4, -0.2) is 56.2 Å². The Morgan fingerprint density at radius 1 is 1.33 bits per heavy atom. The van der Waals surface area contributed by atoms with Gasteiger partial charge in [-0.15, -0.1) is 0 Å². The number of ether oxygens (including phenoxy) is 1. The SMILES string of the molecule is CN(C)[C@H]1COC[C@@H]2CN(Cc3cccc(C#N)c3)C[C@@H]21. The highest BCUT2D eigenvalue weighted by atomic mass is 16.5. The van der Waals surface area contributed by atoms with E-state index in [0.717, 1.165) is 38.4 Å². The Bertz CT molecular complexity index is 537. The largest absolute Gasteiger partial charge is 0.379 e. The molecule has 0 amide bonds. The molecule has 3 rings (SSSR count). The van der Waals surface area contributed by atoms with Gasteiger partial charge in [-0.2, -0.15) is 5.26 Å². The van der Waals surface area contributed by atoms with Crippen molar-refractivity contribution in [3.63, 3.8) is 0 Å². The minimum absolute atomic E-state index is 0.527. The third-order valence-electron chi connectivity index (χ3n) is 4.81. The molecule has 0 spiro atoms. The van der Waals surface area contributed by atoms with E-state index >= 15 is 0 Å². The first kappa shape index (κ1) is 14.5. The average molecular weight is 285 g/mol. The molecule has 3 atom stereocenters. The van der Waals surface area contributed by atoms with Crippen LogP contribution < -0.4 is 0 Å². The third kappa shape index (κ3) is 3.11. The maximum absolute atomic E-state index is 9.00. The molecular formula is C17H23N3O. The van der Waals surface area contributed by atoms with E-state index in [-0.39, 0.29) is 0 Å². The predicted molar refractivity (Wildman–Crippen MR) is 81.7 cm³/mol. The number of nitrogens with zero attached hydrogens (tertiary/aromatic N) is 3. The molecule has 2 fully saturated rings. The fourth-order valence-electron chi connectivity index (χ4n) is 3.72. The quantitative estimate of drug-likeness (QED) is 0.845. The number of fused-ring (bicyclic) bond motifs is 1. The highest BCUT2D eigenvalue weighted by molar-refractivity contribution is 5.32. The summed E-state index contributed by atoms with van der Waals surface area (Å²) in [5, 5.41) is 9.00. The summed E-state index contributed by atoms with van der Waals surface area (Å²) < 4.78 is 5.78. The number of likely N-dealkylation sites (N-methyl/N-ethyl adjacent to an activating group) is 1. The first-order chi connectivity index (χ1) is 10.2. The molecule has 0 N–H and O–H groups in total. The van der Waals surface area contributed by atoms with E-state index in [1.165, 1.54) is 5.56 Å². The molecule has 2 aliphatic rings. The van der Waals surface area contributed by atoms with Crippen LogP contribution in [0.4, 0.5) is 0 Å². The second-order valence-corrected chi connectivity index (χ2v) is 6.50. The van der Waals surface area contributed by atoms with Crippen LogP contribution in [0, 0.1) is 23.2 Å². The van der Waals surface area contributed by atoms with E-state index < -0.39 is 0 Å². The van der Waals surface area contributed by atoms with E-state index in [4.69, 9.17) is 10.00 Å². The summed E-state index contributed by atoms with van der Waals surface area (Å²) >= 11 is 0. The number of hydrogen-bond donors (Lipinski definition) is 0. The topological polar surface area (TPSA) is 39.5 Å². The summed E-state index contributed by atoms with van der Waals surface area (Å²) in [7, 11) is 4.30. The van der Waals surface area contributed by atoms with Gasteiger partial charge in [0.1, 0.15) is 0 Å². The molecule has 0 saturated carbocycles. The van der Waals surface area contributed by atoms with Gasteiger partial charge in [-0.3, -0.25) is 4.90 Å². The van der Waals surface area contributed by atoms with Crippen molar-refractivity contribution in [3.05, 3.63) is 35.4 Å². The summed E-state index contributed by atoms with van der Waals surface area (Å²) in [6.45, 7) is 4.91. The standard InChI is InChI=1S/C17H23N3O/c1-19(2)17-12-21-11-15-9-20(10-16(15)17)8-14-5-3-4-13(6-14)7-18/h3-6,15-17H,8-12H2,1-2H3/t15-,16-,17-/m0/s1. The molecule has 112 valence electrons. The van der Waals surface area contributed by atoms with Crippen molar-refractivity contribution in [1.29, 1.82) is 5.26 Å². The maximum atomic E-state index is 9.00. The minimum atomic E-state index is 0.527. The van der Waals surface area contributed by atoms with Crippen LogP contribution in [0.1, 0.15) is 11.1 Å². The molecule has 21 heavy (non-hydrogen) atoms. The Morgan fingerprint density at radius 3 is 2.95 bits per heavy atom. The van der Waals surface area contributed by atoms with Crippen molar-refractivity contribution >= 4 is 0 Å². The molecule has 2 heterocycles. The van der Waals surface area contributed by atoms with Crippen LogP contribution in [-0.2, 0) is 11.3 Å². The molecular weight excluding hydrogens is 262 g/mol. The monoisotopic (exact) mass is 285 g/mol. The van der Waals surface area contributed by atoms with Crippen LogP contribution in [0.25, 0.3) is 0 Å². The summed E-state index contributed by atoms with van der Waals surface area (Å²) in [5.41, 5.74) is 1.98. The molecule has 4 nitrogen and oxygen atoms in total. The Labute approximate surface area is 126 Å². The lowest BCUT2D eigenvalue weighted by molar-refractivity contribution is -0.0229. The van der Waals surface area contributed by atoms with Crippen molar-refractivity contribution in [2.24, 2.45) is 11.8 Å². The number of likely N-dealkylation sites (tertiary alicyclic amines) is 1. The van der Waals surface area contributed by atoms with E-state index in [9.17, 15) is 0 Å². The van der Waals surface area contributed by atoms with Crippen molar-refractivity contribution in [2.75, 3.05) is 40.4 Å². The lowest BCUT2D eigenvalue weighted by Gasteiger charge is -2.37. The van der Waals surface area contributed by atoms with Crippen LogP contribution in [0.2, 0.25) is 0 Å². The van der Waals surface area contributed by atoms with Gasteiger partial charge in [0, 0.05) is 31.6 Å². The lowest BCUT2D eigenvalue weighted by Crippen LogP contribution is -2.47.